The number of anilines is 1. The van der Waals surface area contributed by atoms with Gasteiger partial charge in [0, 0.05) is 24.7 Å². The van der Waals surface area contributed by atoms with Crippen LogP contribution in [0.1, 0.15) is 7.43 Å². The molecule has 0 bridgehead atoms. The van der Waals surface area contributed by atoms with Gasteiger partial charge in [-0.3, -0.25) is 0 Å². The fraction of sp³-hybridized carbons (Fsp3) is 0.267. The first-order valence-corrected chi connectivity index (χ1v) is 6.48. The number of hydrogen-bond acceptors (Lipinski definition) is 6. The maximum Gasteiger partial charge on any atom is 0.388 e. The van der Waals surface area contributed by atoms with Crippen LogP contribution in [-0.2, 0) is 0 Å². The third-order valence-electron chi connectivity index (χ3n) is 3.01. The molecule has 3 rings (SSSR count). The highest BCUT2D eigenvalue weighted by Crippen LogP contribution is 2.39. The summed E-state index contributed by atoms with van der Waals surface area (Å²) in [7, 11) is 1.54. The molecule has 0 saturated carbocycles. The van der Waals surface area contributed by atoms with Gasteiger partial charge in [0.2, 0.25) is 0 Å². The molecular formula is C15H19N4O3+. The Morgan fingerprint density at radius 2 is 2.18 bits per heavy atom. The molecule has 0 aliphatic carbocycles. The number of nitrogens with zero attached hydrogens (tertiary/aromatic N) is 3. The zero-order valence-electron chi connectivity index (χ0n) is 11.5. The predicted octanol–water partition coefficient (Wildman–Crippen LogP) is 2.59. The number of hydrogen-bond donors (Lipinski definition) is 2. The number of fused-ring (bicyclic) bond motifs is 1. The van der Waals surface area contributed by atoms with Crippen LogP contribution in [0.3, 0.4) is 0 Å². The lowest BCUT2D eigenvalue weighted by atomic mass is 10.2. The molecule has 1 aromatic heterocycles. The van der Waals surface area contributed by atoms with Crippen molar-refractivity contribution in [2.24, 2.45) is 10.2 Å². The Labute approximate surface area is 128 Å². The summed E-state index contributed by atoms with van der Waals surface area (Å²) in [4.78, 5) is 5.12. The van der Waals surface area contributed by atoms with Crippen LogP contribution in [-0.4, -0.2) is 25.4 Å². The van der Waals surface area contributed by atoms with Crippen LogP contribution in [0.25, 0.3) is 0 Å². The molecule has 1 aromatic carbocycles. The summed E-state index contributed by atoms with van der Waals surface area (Å²) in [6.07, 6.45) is 1.72. The third kappa shape index (κ3) is 3.08. The molecule has 2 aromatic rings. The van der Waals surface area contributed by atoms with E-state index in [1.807, 2.05) is 12.1 Å². The summed E-state index contributed by atoms with van der Waals surface area (Å²) in [5.41, 5.74) is 1.09. The Bertz CT molecular complexity index is 688. The number of benzene rings is 1. The second-order valence-electron chi connectivity index (χ2n) is 4.38. The van der Waals surface area contributed by atoms with Gasteiger partial charge < -0.3 is 20.0 Å². The number of phenols is 1. The molecule has 7 heteroatoms. The molecule has 1 aliphatic heterocycles. The van der Waals surface area contributed by atoms with Gasteiger partial charge in [0.05, 0.1) is 10.8 Å². The van der Waals surface area contributed by atoms with E-state index in [0.717, 1.165) is 5.69 Å². The van der Waals surface area contributed by atoms with Crippen molar-refractivity contribution in [3.63, 3.8) is 0 Å². The smallest absolute Gasteiger partial charge is 0.388 e. The molecule has 116 valence electrons. The molecule has 7 nitrogen and oxygen atoms in total. The lowest BCUT2D eigenvalue weighted by Gasteiger charge is -2.19. The summed E-state index contributed by atoms with van der Waals surface area (Å²) < 4.78 is 6.98. The summed E-state index contributed by atoms with van der Waals surface area (Å²) in [5, 5.41) is 21.3. The summed E-state index contributed by atoms with van der Waals surface area (Å²) >= 11 is 0. The quantitative estimate of drug-likeness (QED) is 0.675. The van der Waals surface area contributed by atoms with Gasteiger partial charge in [-0.05, 0) is 22.0 Å². The lowest BCUT2D eigenvalue weighted by molar-refractivity contribution is -0.875. The van der Waals surface area contributed by atoms with Crippen molar-refractivity contribution in [2.75, 3.05) is 25.6 Å². The Morgan fingerprint density at radius 3 is 3.00 bits per heavy atom. The average molecular weight is 303 g/mol. The average Bonchev–Trinajstić information content (AvgIpc) is 2.53. The number of pyridine rings is 1. The molecule has 0 saturated heterocycles. The number of ether oxygens (including phenoxy) is 1. The number of nitrogens with one attached hydrogen (secondary N) is 1. The Hall–Kier alpha value is -2.83. The molecule has 0 unspecified atom stereocenters. The van der Waals surface area contributed by atoms with Crippen LogP contribution < -0.4 is 19.6 Å². The zero-order chi connectivity index (χ0) is 14.7. The van der Waals surface area contributed by atoms with Gasteiger partial charge >= 0.3 is 5.82 Å². The topological polar surface area (TPSA) is 79.3 Å². The van der Waals surface area contributed by atoms with E-state index in [2.05, 4.69) is 15.5 Å². The highest BCUT2D eigenvalue weighted by atomic mass is 16.6. The highest BCUT2D eigenvalue weighted by molar-refractivity contribution is 5.69. The van der Waals surface area contributed by atoms with Gasteiger partial charge in [0.25, 0.3) is 0 Å². The van der Waals surface area contributed by atoms with Crippen molar-refractivity contribution in [3.8, 4) is 11.5 Å². The summed E-state index contributed by atoms with van der Waals surface area (Å²) in [5.74, 6) is 1.20. The number of azo groups is 1. The van der Waals surface area contributed by atoms with Crippen molar-refractivity contribution >= 4 is 17.2 Å². The predicted molar refractivity (Wildman–Crippen MR) is 82.1 cm³/mol. The third-order valence-corrected chi connectivity index (χ3v) is 3.01. The number of aromatic hydroxyl groups is 1. The minimum absolute atomic E-state index is 0. The maximum absolute atomic E-state index is 9.98. The van der Waals surface area contributed by atoms with Crippen LogP contribution in [0.5, 0.6) is 11.5 Å². The Morgan fingerprint density at radius 1 is 1.32 bits per heavy atom. The SMILES string of the molecule is C.CO[n+]1ccccc1N=Nc1cc2c(cc1O)NCCO2. The van der Waals surface area contributed by atoms with Crippen LogP contribution in [0, 0.1) is 0 Å². The maximum atomic E-state index is 9.98. The summed E-state index contributed by atoms with van der Waals surface area (Å²) in [6.45, 7) is 1.29. The highest BCUT2D eigenvalue weighted by Gasteiger charge is 2.16. The normalized spacial score (nSPS) is 12.8. The molecule has 1 aliphatic rings. The standard InChI is InChI=1S/C14H14N4O3.CH4/c1-20-18-6-3-2-4-14(18)17-16-10-9-13-11(8-12(10)19)15-5-7-21-13;/h2-4,6,8-9H,5,7H2,1H3,(H,15,19);1H4/p+1. The van der Waals surface area contributed by atoms with Gasteiger partial charge in [-0.1, -0.05) is 7.43 Å². The van der Waals surface area contributed by atoms with Crippen LogP contribution in [0.4, 0.5) is 17.2 Å². The van der Waals surface area contributed by atoms with Crippen molar-refractivity contribution in [1.29, 1.82) is 0 Å². The van der Waals surface area contributed by atoms with E-state index in [1.165, 1.54) is 11.8 Å². The molecule has 0 fully saturated rings. The second kappa shape index (κ2) is 6.75. The van der Waals surface area contributed by atoms with Gasteiger partial charge in [-0.2, -0.15) is 0 Å². The first kappa shape index (κ1) is 15.6. The van der Waals surface area contributed by atoms with Crippen molar-refractivity contribution in [2.45, 2.75) is 7.43 Å². The van der Waals surface area contributed by atoms with Crippen LogP contribution >= 0.6 is 0 Å². The molecule has 0 amide bonds. The van der Waals surface area contributed by atoms with E-state index in [1.54, 1.807) is 24.4 Å². The fourth-order valence-corrected chi connectivity index (χ4v) is 2.00. The number of phenolic OH excluding ortho intramolecular Hbond substituents is 1. The molecule has 2 N–H and O–H groups in total. The van der Waals surface area contributed by atoms with Crippen LogP contribution in [0.2, 0.25) is 0 Å². The van der Waals surface area contributed by atoms with E-state index >= 15 is 0 Å². The Balaban J connectivity index is 0.00000176. The molecule has 22 heavy (non-hydrogen) atoms. The minimum atomic E-state index is 0. The largest absolute Gasteiger partial charge is 0.505 e. The van der Waals surface area contributed by atoms with Gasteiger partial charge in [0.1, 0.15) is 31.4 Å². The summed E-state index contributed by atoms with van der Waals surface area (Å²) in [6, 6.07) is 8.63. The van der Waals surface area contributed by atoms with Crippen molar-refractivity contribution in [3.05, 3.63) is 36.5 Å². The zero-order valence-corrected chi connectivity index (χ0v) is 11.5. The first-order valence-electron chi connectivity index (χ1n) is 6.48. The molecule has 0 atom stereocenters. The lowest BCUT2D eigenvalue weighted by Crippen LogP contribution is -2.39. The van der Waals surface area contributed by atoms with E-state index < -0.39 is 0 Å². The second-order valence-corrected chi connectivity index (χ2v) is 4.38. The molecular weight excluding hydrogens is 284 g/mol. The number of aromatic nitrogens is 1. The minimum Gasteiger partial charge on any atom is -0.505 e. The van der Waals surface area contributed by atoms with Gasteiger partial charge in [0.15, 0.2) is 5.69 Å². The first-order chi connectivity index (χ1) is 10.3. The van der Waals surface area contributed by atoms with E-state index in [9.17, 15) is 5.11 Å². The molecule has 2 heterocycles. The number of rotatable bonds is 3. The van der Waals surface area contributed by atoms with E-state index in [4.69, 9.17) is 9.57 Å². The fourth-order valence-electron chi connectivity index (χ4n) is 2.00. The van der Waals surface area contributed by atoms with Gasteiger partial charge in [-0.15, -0.1) is 0 Å². The van der Waals surface area contributed by atoms with Gasteiger partial charge in [-0.25, -0.2) is 0 Å². The van der Waals surface area contributed by atoms with E-state index in [-0.39, 0.29) is 13.2 Å². The van der Waals surface area contributed by atoms with Crippen molar-refractivity contribution < 1.29 is 19.4 Å². The van der Waals surface area contributed by atoms with E-state index in [0.29, 0.717) is 30.4 Å². The Kier molecular flexibility index (Phi) is 4.77. The molecule has 0 radical (unpaired) electrons. The molecule has 0 spiro atoms. The van der Waals surface area contributed by atoms with Crippen molar-refractivity contribution in [1.82, 2.24) is 0 Å². The monoisotopic (exact) mass is 303 g/mol. The van der Waals surface area contributed by atoms with Crippen LogP contribution in [0.15, 0.2) is 46.8 Å².